The van der Waals surface area contributed by atoms with Crippen molar-refractivity contribution in [3.05, 3.63) is 84.9 Å². The van der Waals surface area contributed by atoms with E-state index < -0.39 is 35.1 Å². The van der Waals surface area contributed by atoms with Crippen molar-refractivity contribution in [3.8, 4) is 0 Å². The predicted molar refractivity (Wildman–Crippen MR) is 163 cm³/mol. The molecule has 42 heavy (non-hydrogen) atoms. The highest BCUT2D eigenvalue weighted by atomic mass is 35.5. The molecule has 3 aliphatic heterocycles. The zero-order valence-electron chi connectivity index (χ0n) is 24.1. The highest BCUT2D eigenvalue weighted by Crippen LogP contribution is 2.64. The van der Waals surface area contributed by atoms with Crippen LogP contribution >= 0.6 is 11.6 Å². The van der Waals surface area contributed by atoms with Gasteiger partial charge in [-0.05, 0) is 50.5 Å². The Bertz CT molecular complexity index is 1380. The van der Waals surface area contributed by atoms with Gasteiger partial charge >= 0.3 is 0 Å². The number of likely N-dealkylation sites (tertiary alicyclic amines) is 1. The number of fused-ring (bicyclic) bond motifs is 1. The van der Waals surface area contributed by atoms with Gasteiger partial charge in [-0.2, -0.15) is 0 Å². The van der Waals surface area contributed by atoms with E-state index in [1.54, 1.807) is 41.3 Å². The smallest absolute Gasteiger partial charge is 0.253 e. The van der Waals surface area contributed by atoms with E-state index in [9.17, 15) is 19.5 Å². The fourth-order valence-electron chi connectivity index (χ4n) is 7.31. The molecule has 1 N–H and O–H groups in total. The van der Waals surface area contributed by atoms with Crippen LogP contribution in [-0.2, 0) is 19.1 Å². The number of para-hydroxylation sites is 2. The van der Waals surface area contributed by atoms with Gasteiger partial charge in [0.05, 0.1) is 40.8 Å². The van der Waals surface area contributed by atoms with Gasteiger partial charge in [0, 0.05) is 18.8 Å². The first kappa shape index (κ1) is 30.0. The standard InChI is InChI=1S/C33H38ClN3O5/c1-5-19-35(23-13-9-8-10-14-23)29(39)26-27-30(40)37(22(7-3)21-38)28(33(27)18-17-32(26,4)42-33)31(41)36(20-6-2)25-16-12-11-15-24(25)34/h5-6,8-16,22,26-28,38H,1-2,7,17-21H2,3-4H3/t22-,26-,27-,28?,32+,33?/m0/s1. The lowest BCUT2D eigenvalue weighted by Crippen LogP contribution is -2.59. The number of carbonyl (C=O) groups is 3. The number of carbonyl (C=O) groups excluding carboxylic acids is 3. The summed E-state index contributed by atoms with van der Waals surface area (Å²) in [7, 11) is 0. The summed E-state index contributed by atoms with van der Waals surface area (Å²) in [5, 5.41) is 10.8. The quantitative estimate of drug-likeness (QED) is 0.385. The van der Waals surface area contributed by atoms with E-state index in [2.05, 4.69) is 13.2 Å². The number of anilines is 2. The molecule has 6 atom stereocenters. The Morgan fingerprint density at radius 1 is 1.07 bits per heavy atom. The maximum atomic E-state index is 14.7. The third-order valence-corrected chi connectivity index (χ3v) is 9.48. The van der Waals surface area contributed by atoms with Crippen molar-refractivity contribution in [1.29, 1.82) is 0 Å². The molecule has 3 saturated heterocycles. The maximum absolute atomic E-state index is 14.7. The van der Waals surface area contributed by atoms with Crippen LogP contribution in [0.2, 0.25) is 5.02 Å². The van der Waals surface area contributed by atoms with Crippen LogP contribution in [0, 0.1) is 11.8 Å². The number of aliphatic hydroxyl groups excluding tert-OH is 1. The summed E-state index contributed by atoms with van der Waals surface area (Å²) < 4.78 is 6.81. The normalized spacial score (nSPS) is 28.3. The number of aliphatic hydroxyl groups is 1. The van der Waals surface area contributed by atoms with Crippen molar-refractivity contribution in [2.24, 2.45) is 11.8 Å². The molecule has 0 saturated carbocycles. The van der Waals surface area contributed by atoms with Crippen molar-refractivity contribution in [3.63, 3.8) is 0 Å². The Morgan fingerprint density at radius 3 is 2.33 bits per heavy atom. The summed E-state index contributed by atoms with van der Waals surface area (Å²) in [6.45, 7) is 11.5. The third kappa shape index (κ3) is 4.57. The molecule has 5 rings (SSSR count). The molecule has 0 radical (unpaired) electrons. The number of amides is 3. The van der Waals surface area contributed by atoms with Crippen LogP contribution in [-0.4, -0.2) is 70.7 Å². The topological polar surface area (TPSA) is 90.4 Å². The fraction of sp³-hybridized carbons (Fsp3) is 0.424. The zero-order valence-corrected chi connectivity index (χ0v) is 24.9. The number of ether oxygens (including phenoxy) is 1. The second-order valence-corrected chi connectivity index (χ2v) is 11.9. The molecule has 3 heterocycles. The van der Waals surface area contributed by atoms with Crippen molar-refractivity contribution in [2.45, 2.75) is 56.4 Å². The molecule has 2 bridgehead atoms. The van der Waals surface area contributed by atoms with E-state index in [0.29, 0.717) is 35.7 Å². The minimum absolute atomic E-state index is 0.151. The van der Waals surface area contributed by atoms with Gasteiger partial charge < -0.3 is 24.5 Å². The molecule has 3 aliphatic rings. The average Bonchev–Trinajstić information content (AvgIpc) is 3.56. The molecule has 8 nitrogen and oxygen atoms in total. The van der Waals surface area contributed by atoms with Gasteiger partial charge in [-0.25, -0.2) is 0 Å². The van der Waals surface area contributed by atoms with Crippen molar-refractivity contribution in [1.82, 2.24) is 4.90 Å². The van der Waals surface area contributed by atoms with E-state index in [4.69, 9.17) is 16.3 Å². The molecule has 2 aromatic rings. The summed E-state index contributed by atoms with van der Waals surface area (Å²) in [6.07, 6.45) is 4.61. The lowest BCUT2D eigenvalue weighted by molar-refractivity contribution is -0.148. The first-order chi connectivity index (χ1) is 20.2. The van der Waals surface area contributed by atoms with Gasteiger partial charge in [0.1, 0.15) is 11.6 Å². The highest BCUT2D eigenvalue weighted by Gasteiger charge is 2.79. The molecule has 0 aliphatic carbocycles. The number of hydrogen-bond donors (Lipinski definition) is 1. The van der Waals surface area contributed by atoms with E-state index in [1.165, 1.54) is 9.80 Å². The zero-order chi connectivity index (χ0) is 30.2. The maximum Gasteiger partial charge on any atom is 0.253 e. The van der Waals surface area contributed by atoms with Gasteiger partial charge in [0.2, 0.25) is 11.8 Å². The molecule has 0 aromatic heterocycles. The Hall–Kier alpha value is -3.46. The highest BCUT2D eigenvalue weighted by molar-refractivity contribution is 6.34. The largest absolute Gasteiger partial charge is 0.394 e. The Balaban J connectivity index is 1.63. The lowest BCUT2D eigenvalue weighted by atomic mass is 9.66. The summed E-state index contributed by atoms with van der Waals surface area (Å²) in [4.78, 5) is 48.3. The number of rotatable bonds is 11. The molecule has 3 amide bonds. The summed E-state index contributed by atoms with van der Waals surface area (Å²) >= 11 is 6.55. The van der Waals surface area contributed by atoms with Crippen molar-refractivity contribution in [2.75, 3.05) is 29.5 Å². The molecule has 2 aromatic carbocycles. The van der Waals surface area contributed by atoms with Crippen LogP contribution in [0.1, 0.15) is 33.1 Å². The number of halogens is 1. The van der Waals surface area contributed by atoms with E-state index >= 15 is 0 Å². The van der Waals surface area contributed by atoms with Crippen LogP contribution in [0.5, 0.6) is 0 Å². The fourth-order valence-corrected chi connectivity index (χ4v) is 7.55. The Labute approximate surface area is 252 Å². The second-order valence-electron chi connectivity index (χ2n) is 11.5. The van der Waals surface area contributed by atoms with Crippen LogP contribution in [0.4, 0.5) is 11.4 Å². The summed E-state index contributed by atoms with van der Waals surface area (Å²) in [5.41, 5.74) is -1.02. The van der Waals surface area contributed by atoms with Crippen LogP contribution in [0.3, 0.4) is 0 Å². The molecule has 2 unspecified atom stereocenters. The Kier molecular flexibility index (Phi) is 8.34. The van der Waals surface area contributed by atoms with Crippen LogP contribution < -0.4 is 9.80 Å². The summed E-state index contributed by atoms with van der Waals surface area (Å²) in [5.74, 6) is -2.70. The molecule has 9 heteroatoms. The first-order valence-corrected chi connectivity index (χ1v) is 14.8. The number of nitrogens with zero attached hydrogens (tertiary/aromatic N) is 3. The van der Waals surface area contributed by atoms with E-state index in [1.807, 2.05) is 44.2 Å². The second kappa shape index (κ2) is 11.7. The lowest BCUT2D eigenvalue weighted by Gasteiger charge is -2.39. The SMILES string of the molecule is C=CCN(C(=O)[C@@H]1[C@H]2C(=O)N([C@@H](CC)CO)C(C(=O)N(CC=C)c3ccccc3Cl)C23CC[C@@]1(C)O3)c1ccccc1. The minimum Gasteiger partial charge on any atom is -0.394 e. The molecule has 1 spiro atoms. The van der Waals surface area contributed by atoms with Gasteiger partial charge in [0.15, 0.2) is 0 Å². The first-order valence-electron chi connectivity index (χ1n) is 14.5. The molecular formula is C33H38ClN3O5. The van der Waals surface area contributed by atoms with Gasteiger partial charge in [-0.3, -0.25) is 14.4 Å². The molecule has 3 fully saturated rings. The summed E-state index contributed by atoms with van der Waals surface area (Å²) in [6, 6.07) is 14.6. The third-order valence-electron chi connectivity index (χ3n) is 9.16. The van der Waals surface area contributed by atoms with Gasteiger partial charge in [0.25, 0.3) is 5.91 Å². The van der Waals surface area contributed by atoms with Crippen molar-refractivity contribution < 1.29 is 24.2 Å². The number of hydrogen-bond acceptors (Lipinski definition) is 5. The molecule has 222 valence electrons. The van der Waals surface area contributed by atoms with E-state index in [-0.39, 0.29) is 37.4 Å². The van der Waals surface area contributed by atoms with Gasteiger partial charge in [-0.15, -0.1) is 13.2 Å². The number of benzene rings is 2. The van der Waals surface area contributed by atoms with Crippen molar-refractivity contribution >= 4 is 40.7 Å². The van der Waals surface area contributed by atoms with Crippen LogP contribution in [0.15, 0.2) is 79.9 Å². The van der Waals surface area contributed by atoms with Gasteiger partial charge in [-0.1, -0.05) is 61.0 Å². The monoisotopic (exact) mass is 591 g/mol. The molecular weight excluding hydrogens is 554 g/mol. The predicted octanol–water partition coefficient (Wildman–Crippen LogP) is 4.61. The van der Waals surface area contributed by atoms with E-state index in [0.717, 1.165) is 0 Å². The minimum atomic E-state index is -1.25. The van der Waals surface area contributed by atoms with Crippen LogP contribution in [0.25, 0.3) is 0 Å². The Morgan fingerprint density at radius 2 is 1.71 bits per heavy atom. The average molecular weight is 592 g/mol.